The monoisotopic (exact) mass is 448 g/mol. The number of carbonyl (C=O) groups excluding carboxylic acids is 1. The van der Waals surface area contributed by atoms with E-state index in [0.29, 0.717) is 18.2 Å². The van der Waals surface area contributed by atoms with Crippen LogP contribution in [0.25, 0.3) is 10.9 Å². The van der Waals surface area contributed by atoms with Gasteiger partial charge in [-0.05, 0) is 56.6 Å². The van der Waals surface area contributed by atoms with E-state index >= 15 is 0 Å². The lowest BCUT2D eigenvalue weighted by Gasteiger charge is -2.16. The topological polar surface area (TPSA) is 36.1 Å². The number of para-hydroxylation sites is 1. The molecule has 0 bridgehead atoms. The maximum absolute atomic E-state index is 12.7. The number of nitrogens with zero attached hydrogens (tertiary/aromatic N) is 1. The van der Waals surface area contributed by atoms with Crippen LogP contribution in [-0.2, 0) is 4.79 Å². The van der Waals surface area contributed by atoms with Crippen molar-refractivity contribution in [2.24, 2.45) is 0 Å². The van der Waals surface area contributed by atoms with Gasteiger partial charge in [0.15, 0.2) is 0 Å². The summed E-state index contributed by atoms with van der Waals surface area (Å²) in [4.78, 5) is 18.1. The Labute approximate surface area is 201 Å². The van der Waals surface area contributed by atoms with Crippen LogP contribution >= 0.6 is 0 Å². The molecule has 1 N–H and O–H groups in total. The average Bonchev–Trinajstić information content (AvgIpc) is 3.48. The summed E-state index contributed by atoms with van der Waals surface area (Å²) in [5, 5.41) is 1.31. The van der Waals surface area contributed by atoms with Crippen LogP contribution in [0.5, 0.6) is 0 Å². The van der Waals surface area contributed by atoms with Gasteiger partial charge in [-0.1, -0.05) is 81.5 Å². The Balaban J connectivity index is 1.20. The predicted molar refractivity (Wildman–Crippen MR) is 142 cm³/mol. The Morgan fingerprint density at radius 1 is 0.970 bits per heavy atom. The number of aromatic nitrogens is 1. The van der Waals surface area contributed by atoms with Crippen molar-refractivity contribution in [1.82, 2.24) is 9.88 Å². The Bertz CT molecular complexity index is 878. The van der Waals surface area contributed by atoms with Gasteiger partial charge in [0.1, 0.15) is 0 Å². The van der Waals surface area contributed by atoms with Gasteiger partial charge >= 0.3 is 0 Å². The van der Waals surface area contributed by atoms with Crippen LogP contribution in [0.15, 0.2) is 54.8 Å². The van der Waals surface area contributed by atoms with Gasteiger partial charge in [-0.3, -0.25) is 4.79 Å². The lowest BCUT2D eigenvalue weighted by atomic mass is 9.98. The van der Waals surface area contributed by atoms with E-state index in [4.69, 9.17) is 0 Å². The maximum atomic E-state index is 12.7. The molecule has 1 amide bonds. The second-order valence-electron chi connectivity index (χ2n) is 9.60. The number of amides is 1. The molecule has 1 atom stereocenters. The standard InChI is InChI=1S/C30H44N2O/c1-2-3-4-5-6-7-8-9-10-11-12-13-14-15-16-21-30(33)32-23-22-26(25-32)28-24-31-29-20-18-17-19-27(28)29/h6-7,9-10,17-20,24,26,31H,2-5,8,11-16,21-23,25H2,1H3/b7-6-,10-9-/t26-/m1/s1. The molecule has 2 heterocycles. The number of allylic oxidation sites excluding steroid dienone is 4. The molecule has 180 valence electrons. The Morgan fingerprint density at radius 2 is 1.70 bits per heavy atom. The molecule has 0 radical (unpaired) electrons. The first-order valence-corrected chi connectivity index (χ1v) is 13.4. The molecule has 0 spiro atoms. The largest absolute Gasteiger partial charge is 0.361 e. The van der Waals surface area contributed by atoms with Crippen LogP contribution in [0.2, 0.25) is 0 Å². The third kappa shape index (κ3) is 8.53. The molecule has 3 nitrogen and oxygen atoms in total. The van der Waals surface area contributed by atoms with Crippen molar-refractivity contribution in [1.29, 1.82) is 0 Å². The van der Waals surface area contributed by atoms with Crippen molar-refractivity contribution >= 4 is 16.8 Å². The summed E-state index contributed by atoms with van der Waals surface area (Å²) in [5.74, 6) is 0.817. The smallest absolute Gasteiger partial charge is 0.222 e. The first kappa shape index (κ1) is 25.3. The van der Waals surface area contributed by atoms with Crippen molar-refractivity contribution in [3.05, 3.63) is 60.3 Å². The number of likely N-dealkylation sites (tertiary alicyclic amines) is 1. The molecule has 1 fully saturated rings. The van der Waals surface area contributed by atoms with E-state index in [1.54, 1.807) is 0 Å². The van der Waals surface area contributed by atoms with E-state index < -0.39 is 0 Å². The van der Waals surface area contributed by atoms with Gasteiger partial charge in [-0.2, -0.15) is 0 Å². The van der Waals surface area contributed by atoms with Crippen molar-refractivity contribution in [2.75, 3.05) is 13.1 Å². The van der Waals surface area contributed by atoms with Gasteiger partial charge in [0.25, 0.3) is 0 Å². The van der Waals surface area contributed by atoms with E-state index in [0.717, 1.165) is 32.4 Å². The molecule has 1 saturated heterocycles. The fourth-order valence-electron chi connectivity index (χ4n) is 4.92. The average molecular weight is 449 g/mol. The zero-order valence-electron chi connectivity index (χ0n) is 20.7. The van der Waals surface area contributed by atoms with Gasteiger partial charge < -0.3 is 9.88 Å². The molecule has 1 aliphatic heterocycles. The molecule has 3 rings (SSSR count). The molecule has 1 aliphatic rings. The molecular weight excluding hydrogens is 404 g/mol. The summed E-state index contributed by atoms with van der Waals surface area (Å²) in [5.41, 5.74) is 2.57. The number of hydrogen-bond acceptors (Lipinski definition) is 1. The van der Waals surface area contributed by atoms with Gasteiger partial charge in [0.2, 0.25) is 5.91 Å². The number of nitrogens with one attached hydrogen (secondary N) is 1. The predicted octanol–water partition coefficient (Wildman–Crippen LogP) is 8.30. The van der Waals surface area contributed by atoms with Gasteiger partial charge in [0.05, 0.1) is 0 Å². The van der Waals surface area contributed by atoms with Crippen molar-refractivity contribution in [3.63, 3.8) is 0 Å². The molecule has 1 aromatic carbocycles. The normalized spacial score (nSPS) is 16.6. The summed E-state index contributed by atoms with van der Waals surface area (Å²) < 4.78 is 0. The summed E-state index contributed by atoms with van der Waals surface area (Å²) in [6.07, 6.45) is 26.7. The van der Waals surface area contributed by atoms with E-state index in [-0.39, 0.29) is 0 Å². The highest BCUT2D eigenvalue weighted by molar-refractivity contribution is 5.84. The highest BCUT2D eigenvalue weighted by atomic mass is 16.2. The first-order valence-electron chi connectivity index (χ1n) is 13.4. The molecule has 3 heteroatoms. The number of H-pyrrole nitrogens is 1. The molecule has 1 aromatic heterocycles. The lowest BCUT2D eigenvalue weighted by Crippen LogP contribution is -2.28. The Morgan fingerprint density at radius 3 is 2.52 bits per heavy atom. The molecule has 0 unspecified atom stereocenters. The minimum absolute atomic E-state index is 0.350. The number of rotatable bonds is 15. The second kappa shape index (κ2) is 14.8. The Hall–Kier alpha value is -2.29. The minimum Gasteiger partial charge on any atom is -0.361 e. The third-order valence-corrected chi connectivity index (χ3v) is 6.94. The lowest BCUT2D eigenvalue weighted by molar-refractivity contribution is -0.130. The summed E-state index contributed by atoms with van der Waals surface area (Å²) in [6.45, 7) is 4.03. The zero-order valence-corrected chi connectivity index (χ0v) is 20.7. The number of carbonyl (C=O) groups is 1. The van der Waals surface area contributed by atoms with Crippen LogP contribution < -0.4 is 0 Å². The molecule has 0 saturated carbocycles. The maximum Gasteiger partial charge on any atom is 0.222 e. The van der Waals surface area contributed by atoms with Gasteiger partial charge in [-0.15, -0.1) is 0 Å². The van der Waals surface area contributed by atoms with Crippen LogP contribution in [0.1, 0.15) is 102 Å². The number of fused-ring (bicyclic) bond motifs is 1. The molecule has 0 aliphatic carbocycles. The van der Waals surface area contributed by atoms with Crippen molar-refractivity contribution < 1.29 is 4.79 Å². The Kier molecular flexibility index (Phi) is 11.3. The number of hydrogen-bond donors (Lipinski definition) is 1. The first-order chi connectivity index (χ1) is 16.3. The number of benzene rings is 1. The van der Waals surface area contributed by atoms with E-state index in [1.807, 2.05) is 0 Å². The second-order valence-corrected chi connectivity index (χ2v) is 9.60. The summed E-state index contributed by atoms with van der Waals surface area (Å²) in [6, 6.07) is 8.48. The number of unbranched alkanes of at least 4 members (excludes halogenated alkanes) is 8. The SMILES string of the molecule is CCCCC/C=C\C/C=C\CCCCCCCC(=O)N1CC[C@@H](c2c[nH]c3ccccc23)C1. The fourth-order valence-corrected chi connectivity index (χ4v) is 4.92. The van der Waals surface area contributed by atoms with Gasteiger partial charge in [0, 0.05) is 42.5 Å². The van der Waals surface area contributed by atoms with Crippen LogP contribution in [0, 0.1) is 0 Å². The zero-order chi connectivity index (χ0) is 23.1. The molecular formula is C30H44N2O. The summed E-state index contributed by atoms with van der Waals surface area (Å²) >= 11 is 0. The molecule has 33 heavy (non-hydrogen) atoms. The molecule has 2 aromatic rings. The van der Waals surface area contributed by atoms with Crippen molar-refractivity contribution in [3.8, 4) is 0 Å². The minimum atomic E-state index is 0.350. The van der Waals surface area contributed by atoms with E-state index in [9.17, 15) is 4.79 Å². The fraction of sp³-hybridized carbons (Fsp3) is 0.567. The van der Waals surface area contributed by atoms with E-state index in [2.05, 4.69) is 71.6 Å². The van der Waals surface area contributed by atoms with Gasteiger partial charge in [-0.25, -0.2) is 0 Å². The summed E-state index contributed by atoms with van der Waals surface area (Å²) in [7, 11) is 0. The van der Waals surface area contributed by atoms with Crippen LogP contribution in [0.3, 0.4) is 0 Å². The third-order valence-electron chi connectivity index (χ3n) is 6.94. The highest BCUT2D eigenvalue weighted by Gasteiger charge is 2.28. The number of aromatic amines is 1. The quantitative estimate of drug-likeness (QED) is 0.216. The van der Waals surface area contributed by atoms with Crippen LogP contribution in [-0.4, -0.2) is 28.9 Å². The van der Waals surface area contributed by atoms with Crippen LogP contribution in [0.4, 0.5) is 0 Å². The van der Waals surface area contributed by atoms with E-state index in [1.165, 1.54) is 74.3 Å². The van der Waals surface area contributed by atoms with Crippen molar-refractivity contribution in [2.45, 2.75) is 96.3 Å². The highest BCUT2D eigenvalue weighted by Crippen LogP contribution is 2.32.